The van der Waals surface area contributed by atoms with Crippen LogP contribution in [0.2, 0.25) is 0 Å². The van der Waals surface area contributed by atoms with E-state index in [0.29, 0.717) is 13.2 Å². The Balaban J connectivity index is 1.81. The zero-order chi connectivity index (χ0) is 14.9. The van der Waals surface area contributed by atoms with Gasteiger partial charge in [0.15, 0.2) is 11.5 Å². The summed E-state index contributed by atoms with van der Waals surface area (Å²) in [4.78, 5) is 3.80. The molecule has 2 aliphatic heterocycles. The van der Waals surface area contributed by atoms with Gasteiger partial charge in [0.1, 0.15) is 13.2 Å². The van der Waals surface area contributed by atoms with Gasteiger partial charge in [-0.3, -0.25) is 4.90 Å². The van der Waals surface area contributed by atoms with Crippen molar-refractivity contribution in [1.82, 2.24) is 10.2 Å². The Morgan fingerprint density at radius 2 is 1.95 bits per heavy atom. The molecule has 0 atom stereocenters. The molecule has 1 N–H and O–H groups in total. The highest BCUT2D eigenvalue weighted by atomic mass is 32.2. The molecule has 21 heavy (non-hydrogen) atoms. The van der Waals surface area contributed by atoms with Gasteiger partial charge in [0, 0.05) is 36.6 Å². The summed E-state index contributed by atoms with van der Waals surface area (Å²) in [5.74, 6) is 1.78. The Morgan fingerprint density at radius 3 is 2.62 bits per heavy atom. The standard InChI is InChI=1S/C16H24N2O2S/c1-16(2)11-18(5-4-17-16)10-12-8-13-14(9-15(12)21-3)20-7-6-19-13/h8-9,17H,4-7,10-11H2,1-3H3. The molecule has 0 aliphatic carbocycles. The maximum Gasteiger partial charge on any atom is 0.162 e. The van der Waals surface area contributed by atoms with Gasteiger partial charge in [-0.25, -0.2) is 0 Å². The van der Waals surface area contributed by atoms with Crippen molar-refractivity contribution in [3.63, 3.8) is 0 Å². The van der Waals surface area contributed by atoms with Crippen LogP contribution in [-0.2, 0) is 6.54 Å². The van der Waals surface area contributed by atoms with Crippen molar-refractivity contribution in [3.05, 3.63) is 17.7 Å². The Hall–Kier alpha value is -0.910. The van der Waals surface area contributed by atoms with Crippen LogP contribution in [-0.4, -0.2) is 49.5 Å². The molecule has 1 saturated heterocycles. The Kier molecular flexibility index (Phi) is 4.33. The van der Waals surface area contributed by atoms with Crippen molar-refractivity contribution in [2.24, 2.45) is 0 Å². The van der Waals surface area contributed by atoms with Crippen LogP contribution >= 0.6 is 11.8 Å². The van der Waals surface area contributed by atoms with Gasteiger partial charge in [-0.2, -0.15) is 0 Å². The molecular formula is C16H24N2O2S. The number of ether oxygens (including phenoxy) is 2. The number of fused-ring (bicyclic) bond motifs is 1. The second-order valence-electron chi connectivity index (χ2n) is 6.33. The summed E-state index contributed by atoms with van der Waals surface area (Å²) in [6, 6.07) is 4.29. The highest BCUT2D eigenvalue weighted by Gasteiger charge is 2.26. The van der Waals surface area contributed by atoms with E-state index in [-0.39, 0.29) is 5.54 Å². The van der Waals surface area contributed by atoms with Crippen molar-refractivity contribution in [3.8, 4) is 11.5 Å². The lowest BCUT2D eigenvalue weighted by molar-refractivity contribution is 0.146. The van der Waals surface area contributed by atoms with Gasteiger partial charge in [-0.15, -0.1) is 11.8 Å². The second kappa shape index (κ2) is 6.07. The topological polar surface area (TPSA) is 33.7 Å². The number of thioether (sulfide) groups is 1. The molecule has 0 unspecified atom stereocenters. The number of rotatable bonds is 3. The molecule has 3 rings (SSSR count). The third-order valence-electron chi connectivity index (χ3n) is 3.99. The van der Waals surface area contributed by atoms with Crippen LogP contribution in [0.5, 0.6) is 11.5 Å². The molecule has 4 nitrogen and oxygen atoms in total. The summed E-state index contributed by atoms with van der Waals surface area (Å²) < 4.78 is 11.4. The van der Waals surface area contributed by atoms with E-state index in [0.717, 1.165) is 37.7 Å². The highest BCUT2D eigenvalue weighted by Crippen LogP contribution is 2.37. The van der Waals surface area contributed by atoms with Crippen molar-refractivity contribution >= 4 is 11.8 Å². The summed E-state index contributed by atoms with van der Waals surface area (Å²) in [6.07, 6.45) is 2.12. The van der Waals surface area contributed by atoms with Crippen LogP contribution in [0.4, 0.5) is 0 Å². The van der Waals surface area contributed by atoms with Gasteiger partial charge in [0.2, 0.25) is 0 Å². The van der Waals surface area contributed by atoms with Crippen molar-refractivity contribution in [2.75, 3.05) is 39.1 Å². The second-order valence-corrected chi connectivity index (χ2v) is 7.18. The summed E-state index contributed by atoms with van der Waals surface area (Å²) in [7, 11) is 0. The van der Waals surface area contributed by atoms with Crippen molar-refractivity contribution in [1.29, 1.82) is 0 Å². The van der Waals surface area contributed by atoms with Gasteiger partial charge in [-0.1, -0.05) is 0 Å². The highest BCUT2D eigenvalue weighted by molar-refractivity contribution is 7.98. The summed E-state index contributed by atoms with van der Waals surface area (Å²) in [6.45, 7) is 9.99. The molecule has 1 aromatic rings. The van der Waals surface area contributed by atoms with Crippen LogP contribution in [0.1, 0.15) is 19.4 Å². The molecule has 1 aromatic carbocycles. The number of piperazine rings is 1. The molecule has 0 amide bonds. The SMILES string of the molecule is CSc1cc2c(cc1CN1CCNC(C)(C)C1)OCCO2. The zero-order valence-electron chi connectivity index (χ0n) is 13.1. The summed E-state index contributed by atoms with van der Waals surface area (Å²) >= 11 is 1.78. The van der Waals surface area contributed by atoms with Crippen molar-refractivity contribution < 1.29 is 9.47 Å². The summed E-state index contributed by atoms with van der Waals surface area (Å²) in [5.41, 5.74) is 1.52. The summed E-state index contributed by atoms with van der Waals surface area (Å²) in [5, 5.41) is 3.56. The lowest BCUT2D eigenvalue weighted by Gasteiger charge is -2.39. The molecule has 2 aliphatic rings. The van der Waals surface area contributed by atoms with Gasteiger partial charge < -0.3 is 14.8 Å². The fourth-order valence-electron chi connectivity index (χ4n) is 3.05. The third kappa shape index (κ3) is 3.47. The molecule has 1 fully saturated rings. The Morgan fingerprint density at radius 1 is 1.24 bits per heavy atom. The molecule has 0 aromatic heterocycles. The van der Waals surface area contributed by atoms with Crippen LogP contribution in [0, 0.1) is 0 Å². The maximum absolute atomic E-state index is 5.73. The molecule has 5 heteroatoms. The smallest absolute Gasteiger partial charge is 0.162 e. The first-order valence-electron chi connectivity index (χ1n) is 7.51. The monoisotopic (exact) mass is 308 g/mol. The number of nitrogens with one attached hydrogen (secondary N) is 1. The van der Waals surface area contributed by atoms with E-state index in [1.54, 1.807) is 11.8 Å². The number of nitrogens with zero attached hydrogens (tertiary/aromatic N) is 1. The molecule has 0 bridgehead atoms. The molecular weight excluding hydrogens is 284 g/mol. The largest absolute Gasteiger partial charge is 0.486 e. The first kappa shape index (κ1) is 15.0. The normalized spacial score (nSPS) is 21.3. The van der Waals surface area contributed by atoms with E-state index in [1.165, 1.54) is 10.5 Å². The van der Waals surface area contributed by atoms with E-state index >= 15 is 0 Å². The van der Waals surface area contributed by atoms with Crippen LogP contribution in [0.25, 0.3) is 0 Å². The minimum absolute atomic E-state index is 0.186. The Bertz CT molecular complexity index is 519. The predicted molar refractivity (Wildman–Crippen MR) is 86.6 cm³/mol. The first-order valence-corrected chi connectivity index (χ1v) is 8.74. The molecule has 116 valence electrons. The first-order chi connectivity index (χ1) is 10.1. The van der Waals surface area contributed by atoms with Crippen LogP contribution < -0.4 is 14.8 Å². The third-order valence-corrected chi connectivity index (χ3v) is 4.81. The number of hydrogen-bond acceptors (Lipinski definition) is 5. The average Bonchev–Trinajstić information content (AvgIpc) is 2.45. The fraction of sp³-hybridized carbons (Fsp3) is 0.625. The zero-order valence-corrected chi connectivity index (χ0v) is 13.9. The van der Waals surface area contributed by atoms with E-state index in [4.69, 9.17) is 9.47 Å². The van der Waals surface area contributed by atoms with Gasteiger partial charge in [-0.05, 0) is 37.8 Å². The van der Waals surface area contributed by atoms with Gasteiger partial charge in [0.05, 0.1) is 0 Å². The minimum atomic E-state index is 0.186. The van der Waals surface area contributed by atoms with Gasteiger partial charge in [0.25, 0.3) is 0 Å². The lowest BCUT2D eigenvalue weighted by Crippen LogP contribution is -2.56. The van der Waals surface area contributed by atoms with E-state index < -0.39 is 0 Å². The quantitative estimate of drug-likeness (QED) is 0.867. The predicted octanol–water partition coefficient (Wildman–Crippen LogP) is 2.36. The Labute approximate surface area is 131 Å². The number of benzene rings is 1. The minimum Gasteiger partial charge on any atom is -0.486 e. The lowest BCUT2D eigenvalue weighted by atomic mass is 10.0. The molecule has 2 heterocycles. The van der Waals surface area contributed by atoms with E-state index in [1.807, 2.05) is 0 Å². The maximum atomic E-state index is 5.73. The average molecular weight is 308 g/mol. The van der Waals surface area contributed by atoms with Crippen LogP contribution in [0.3, 0.4) is 0 Å². The molecule has 0 radical (unpaired) electrons. The fourth-order valence-corrected chi connectivity index (χ4v) is 3.66. The van der Waals surface area contributed by atoms with Gasteiger partial charge >= 0.3 is 0 Å². The van der Waals surface area contributed by atoms with Crippen molar-refractivity contribution in [2.45, 2.75) is 30.8 Å². The molecule has 0 spiro atoms. The van der Waals surface area contributed by atoms with E-state index in [9.17, 15) is 0 Å². The van der Waals surface area contributed by atoms with E-state index in [2.05, 4.69) is 42.5 Å². The number of hydrogen-bond donors (Lipinski definition) is 1. The molecule has 0 saturated carbocycles. The van der Waals surface area contributed by atoms with Crippen LogP contribution in [0.15, 0.2) is 17.0 Å².